The number of rotatable bonds is 4. The van der Waals surface area contributed by atoms with Crippen molar-refractivity contribution in [1.29, 1.82) is 0 Å². The van der Waals surface area contributed by atoms with E-state index >= 15 is 0 Å². The molecule has 3 nitrogen and oxygen atoms in total. The first kappa shape index (κ1) is 15.3. The number of anilines is 2. The Bertz CT molecular complexity index is 636. The lowest BCUT2D eigenvalue weighted by Gasteiger charge is -2.12. The second-order valence-electron chi connectivity index (χ2n) is 4.43. The Labute approximate surface area is 125 Å². The van der Waals surface area contributed by atoms with E-state index < -0.39 is 23.2 Å². The van der Waals surface area contributed by atoms with Crippen molar-refractivity contribution in [3.63, 3.8) is 0 Å². The maximum atomic E-state index is 13.4. The number of hydrogen-bond acceptors (Lipinski definition) is 2. The van der Waals surface area contributed by atoms with Gasteiger partial charge in [-0.2, -0.15) is 0 Å². The maximum absolute atomic E-state index is 13.4. The average molecular weight is 311 g/mol. The summed E-state index contributed by atoms with van der Waals surface area (Å²) >= 11 is 6.01. The van der Waals surface area contributed by atoms with Crippen LogP contribution < -0.4 is 10.6 Å². The van der Waals surface area contributed by atoms with Crippen molar-refractivity contribution in [2.75, 3.05) is 17.2 Å². The monoisotopic (exact) mass is 310 g/mol. The molecule has 0 spiro atoms. The zero-order valence-corrected chi connectivity index (χ0v) is 12.0. The Morgan fingerprint density at radius 2 is 1.71 bits per heavy atom. The summed E-state index contributed by atoms with van der Waals surface area (Å²) in [6.07, 6.45) is 0. The highest BCUT2D eigenvalue weighted by atomic mass is 35.5. The number of benzene rings is 2. The zero-order valence-electron chi connectivity index (χ0n) is 11.2. The highest BCUT2D eigenvalue weighted by Crippen LogP contribution is 2.25. The van der Waals surface area contributed by atoms with E-state index in [1.165, 1.54) is 6.07 Å². The summed E-state index contributed by atoms with van der Waals surface area (Å²) < 4.78 is 26.8. The standard InChI is InChI=1S/C15H13ClF2N2O/c1-9-4-2-5-10(16)14(9)19-8-13(21)20-15-11(17)6-3-7-12(15)18/h2-7,19H,8H2,1H3,(H,20,21). The number of hydrogen-bond donors (Lipinski definition) is 2. The summed E-state index contributed by atoms with van der Waals surface area (Å²) in [4.78, 5) is 11.8. The summed E-state index contributed by atoms with van der Waals surface area (Å²) in [6.45, 7) is 1.68. The highest BCUT2D eigenvalue weighted by molar-refractivity contribution is 6.33. The highest BCUT2D eigenvalue weighted by Gasteiger charge is 2.12. The van der Waals surface area contributed by atoms with Gasteiger partial charge in [0.25, 0.3) is 0 Å². The number of aryl methyl sites for hydroxylation is 1. The normalized spacial score (nSPS) is 10.3. The van der Waals surface area contributed by atoms with Gasteiger partial charge in [0.15, 0.2) is 0 Å². The molecule has 0 radical (unpaired) electrons. The molecule has 0 aliphatic carbocycles. The minimum absolute atomic E-state index is 0.154. The van der Waals surface area contributed by atoms with Crippen molar-refractivity contribution < 1.29 is 13.6 Å². The van der Waals surface area contributed by atoms with Crippen LogP contribution in [0.1, 0.15) is 5.56 Å². The molecule has 0 unspecified atom stereocenters. The lowest BCUT2D eigenvalue weighted by molar-refractivity contribution is -0.114. The van der Waals surface area contributed by atoms with Gasteiger partial charge in [0.2, 0.25) is 5.91 Å². The first-order valence-electron chi connectivity index (χ1n) is 6.22. The Hall–Kier alpha value is -2.14. The Morgan fingerprint density at radius 1 is 1.10 bits per heavy atom. The van der Waals surface area contributed by atoms with Crippen LogP contribution in [-0.4, -0.2) is 12.5 Å². The van der Waals surface area contributed by atoms with E-state index in [9.17, 15) is 13.6 Å². The molecule has 2 rings (SSSR count). The number of para-hydroxylation sites is 2. The molecule has 0 aliphatic heterocycles. The van der Waals surface area contributed by atoms with Crippen LogP contribution in [0.2, 0.25) is 5.02 Å². The lowest BCUT2D eigenvalue weighted by Crippen LogP contribution is -2.23. The minimum atomic E-state index is -0.822. The quantitative estimate of drug-likeness (QED) is 0.897. The smallest absolute Gasteiger partial charge is 0.243 e. The molecule has 2 aromatic carbocycles. The van der Waals surface area contributed by atoms with Crippen molar-refractivity contribution in [1.82, 2.24) is 0 Å². The van der Waals surface area contributed by atoms with Crippen molar-refractivity contribution in [3.8, 4) is 0 Å². The summed E-state index contributed by atoms with van der Waals surface area (Å²) in [5.74, 6) is -2.21. The first-order valence-corrected chi connectivity index (χ1v) is 6.59. The molecule has 0 bridgehead atoms. The SMILES string of the molecule is Cc1cccc(Cl)c1NCC(=O)Nc1c(F)cccc1F. The fourth-order valence-electron chi connectivity index (χ4n) is 1.83. The summed E-state index contributed by atoms with van der Waals surface area (Å²) in [5, 5.41) is 5.52. The molecule has 21 heavy (non-hydrogen) atoms. The van der Waals surface area contributed by atoms with Crippen molar-refractivity contribution >= 4 is 28.9 Å². The Kier molecular flexibility index (Phi) is 4.75. The Balaban J connectivity index is 2.03. The van der Waals surface area contributed by atoms with Gasteiger partial charge in [-0.1, -0.05) is 29.8 Å². The van der Waals surface area contributed by atoms with Crippen molar-refractivity contribution in [3.05, 3.63) is 58.6 Å². The van der Waals surface area contributed by atoms with Crippen LogP contribution in [0, 0.1) is 18.6 Å². The molecule has 0 saturated heterocycles. The average Bonchev–Trinajstić information content (AvgIpc) is 2.42. The molecule has 0 fully saturated rings. The van der Waals surface area contributed by atoms with Crippen LogP contribution in [0.25, 0.3) is 0 Å². The fraction of sp³-hybridized carbons (Fsp3) is 0.133. The number of nitrogens with one attached hydrogen (secondary N) is 2. The van der Waals surface area contributed by atoms with Gasteiger partial charge in [-0.05, 0) is 30.7 Å². The van der Waals surface area contributed by atoms with Crippen molar-refractivity contribution in [2.45, 2.75) is 6.92 Å². The summed E-state index contributed by atoms with van der Waals surface area (Å²) in [7, 11) is 0. The topological polar surface area (TPSA) is 41.1 Å². The molecular formula is C15H13ClF2N2O. The third-order valence-electron chi connectivity index (χ3n) is 2.87. The molecule has 110 valence electrons. The second-order valence-corrected chi connectivity index (χ2v) is 4.84. The molecule has 6 heteroatoms. The molecule has 1 amide bonds. The number of amides is 1. The molecule has 0 heterocycles. The van der Waals surface area contributed by atoms with Gasteiger partial charge in [-0.3, -0.25) is 4.79 Å². The third kappa shape index (κ3) is 3.70. The second kappa shape index (κ2) is 6.54. The largest absolute Gasteiger partial charge is 0.375 e. The van der Waals surface area contributed by atoms with E-state index in [-0.39, 0.29) is 6.54 Å². The van der Waals surface area contributed by atoms with E-state index in [1.807, 2.05) is 13.0 Å². The van der Waals surface area contributed by atoms with Gasteiger partial charge in [-0.25, -0.2) is 8.78 Å². The molecule has 0 atom stereocenters. The molecule has 0 aromatic heterocycles. The predicted octanol–water partition coefficient (Wildman–Crippen LogP) is 3.98. The molecule has 2 aromatic rings. The van der Waals surface area contributed by atoms with E-state index in [1.54, 1.807) is 12.1 Å². The molecule has 0 aliphatic rings. The molecular weight excluding hydrogens is 298 g/mol. The number of carbonyl (C=O) groups excluding carboxylic acids is 1. The fourth-order valence-corrected chi connectivity index (χ4v) is 2.11. The number of carbonyl (C=O) groups is 1. The van der Waals surface area contributed by atoms with Crippen LogP contribution in [-0.2, 0) is 4.79 Å². The van der Waals surface area contributed by atoms with Gasteiger partial charge >= 0.3 is 0 Å². The van der Waals surface area contributed by atoms with Crippen molar-refractivity contribution in [2.24, 2.45) is 0 Å². The third-order valence-corrected chi connectivity index (χ3v) is 3.19. The number of halogens is 3. The van der Waals surface area contributed by atoms with Gasteiger partial charge < -0.3 is 10.6 Å². The predicted molar refractivity (Wildman–Crippen MR) is 79.7 cm³/mol. The summed E-state index contributed by atoms with van der Waals surface area (Å²) in [6, 6.07) is 8.69. The van der Waals surface area contributed by atoms with Crippen LogP contribution in [0.5, 0.6) is 0 Å². The first-order chi connectivity index (χ1) is 9.99. The molecule has 2 N–H and O–H groups in total. The van der Waals surface area contributed by atoms with Gasteiger partial charge in [0.05, 0.1) is 17.3 Å². The van der Waals surface area contributed by atoms with Crippen LogP contribution >= 0.6 is 11.6 Å². The van der Waals surface area contributed by atoms with Gasteiger partial charge in [0.1, 0.15) is 17.3 Å². The zero-order chi connectivity index (χ0) is 15.4. The molecule has 0 saturated carbocycles. The van der Waals surface area contributed by atoms with Crippen LogP contribution in [0.4, 0.5) is 20.2 Å². The van der Waals surface area contributed by atoms with Gasteiger partial charge in [-0.15, -0.1) is 0 Å². The maximum Gasteiger partial charge on any atom is 0.243 e. The van der Waals surface area contributed by atoms with Gasteiger partial charge in [0, 0.05) is 0 Å². The minimum Gasteiger partial charge on any atom is -0.375 e. The van der Waals surface area contributed by atoms with Crippen LogP contribution in [0.3, 0.4) is 0 Å². The van der Waals surface area contributed by atoms with E-state index in [4.69, 9.17) is 11.6 Å². The van der Waals surface area contributed by atoms with Crippen LogP contribution in [0.15, 0.2) is 36.4 Å². The summed E-state index contributed by atoms with van der Waals surface area (Å²) in [5.41, 5.74) is 1.02. The van der Waals surface area contributed by atoms with E-state index in [2.05, 4.69) is 10.6 Å². The Morgan fingerprint density at radius 3 is 2.33 bits per heavy atom. The van der Waals surface area contributed by atoms with E-state index in [0.29, 0.717) is 10.7 Å². The lowest BCUT2D eigenvalue weighted by atomic mass is 10.2. The van der Waals surface area contributed by atoms with E-state index in [0.717, 1.165) is 17.7 Å².